The summed E-state index contributed by atoms with van der Waals surface area (Å²) in [5.41, 5.74) is 1.73. The van der Waals surface area contributed by atoms with Gasteiger partial charge in [0, 0.05) is 38.3 Å². The van der Waals surface area contributed by atoms with Gasteiger partial charge in [0.25, 0.3) is 0 Å². The van der Waals surface area contributed by atoms with Gasteiger partial charge in [-0.15, -0.1) is 0 Å². The van der Waals surface area contributed by atoms with E-state index in [1.165, 1.54) is 0 Å². The van der Waals surface area contributed by atoms with Gasteiger partial charge >= 0.3 is 0 Å². The van der Waals surface area contributed by atoms with E-state index in [4.69, 9.17) is 0 Å². The smallest absolute Gasteiger partial charge is 0.176 e. The van der Waals surface area contributed by atoms with Crippen molar-refractivity contribution in [2.24, 2.45) is 0 Å². The molecule has 1 atom stereocenters. The minimum atomic E-state index is -0.455. The lowest BCUT2D eigenvalue weighted by Crippen LogP contribution is -2.48. The number of rotatable bonds is 6. The van der Waals surface area contributed by atoms with Gasteiger partial charge in [0.1, 0.15) is 0 Å². The summed E-state index contributed by atoms with van der Waals surface area (Å²) in [6.45, 7) is 4.60. The molecule has 0 saturated carbocycles. The highest BCUT2D eigenvalue weighted by Gasteiger charge is 2.21. The first-order chi connectivity index (χ1) is 11.7. The van der Waals surface area contributed by atoms with Crippen LogP contribution < -0.4 is 0 Å². The number of hydrogen-bond donors (Lipinski definition) is 1. The zero-order chi connectivity index (χ0) is 16.8. The lowest BCUT2D eigenvalue weighted by atomic mass is 10.1. The van der Waals surface area contributed by atoms with Crippen LogP contribution in [0.3, 0.4) is 0 Å². The SMILES string of the molecule is O=C(CN1CCN(CC(O)c2ccccc2)CC1)c1ccccc1. The number of aliphatic hydroxyl groups excluding tert-OH is 1. The van der Waals surface area contributed by atoms with Crippen molar-refractivity contribution in [1.82, 2.24) is 9.80 Å². The predicted molar refractivity (Wildman–Crippen MR) is 95.1 cm³/mol. The Kier molecular flexibility index (Phi) is 5.75. The number of benzene rings is 2. The van der Waals surface area contributed by atoms with Crippen molar-refractivity contribution in [3.63, 3.8) is 0 Å². The Morgan fingerprint density at radius 2 is 1.42 bits per heavy atom. The highest BCUT2D eigenvalue weighted by molar-refractivity contribution is 5.97. The van der Waals surface area contributed by atoms with Crippen molar-refractivity contribution in [3.8, 4) is 0 Å². The molecule has 0 amide bonds. The van der Waals surface area contributed by atoms with E-state index in [1.54, 1.807) is 0 Å². The number of β-amino-alcohol motifs (C(OH)–C–C–N with tert-alkyl or cyclic N) is 1. The monoisotopic (exact) mass is 324 g/mol. The molecule has 1 heterocycles. The third-order valence-corrected chi connectivity index (χ3v) is 4.54. The molecule has 1 aliphatic heterocycles. The maximum atomic E-state index is 12.3. The van der Waals surface area contributed by atoms with Crippen LogP contribution in [0.4, 0.5) is 0 Å². The molecule has 4 nitrogen and oxygen atoms in total. The largest absolute Gasteiger partial charge is 0.387 e. The second kappa shape index (κ2) is 8.20. The van der Waals surface area contributed by atoms with Gasteiger partial charge in [-0.2, -0.15) is 0 Å². The summed E-state index contributed by atoms with van der Waals surface area (Å²) in [4.78, 5) is 16.7. The van der Waals surface area contributed by atoms with Crippen LogP contribution in [0.15, 0.2) is 60.7 Å². The van der Waals surface area contributed by atoms with Crippen molar-refractivity contribution in [1.29, 1.82) is 0 Å². The Morgan fingerprint density at radius 3 is 2.04 bits per heavy atom. The van der Waals surface area contributed by atoms with E-state index in [0.717, 1.165) is 37.3 Å². The van der Waals surface area contributed by atoms with Crippen LogP contribution in [-0.2, 0) is 0 Å². The maximum Gasteiger partial charge on any atom is 0.176 e. The molecule has 1 aliphatic rings. The normalized spacial score (nSPS) is 17.5. The summed E-state index contributed by atoms with van der Waals surface area (Å²) in [6.07, 6.45) is -0.455. The molecule has 3 rings (SSSR count). The van der Waals surface area contributed by atoms with Crippen LogP contribution in [0.2, 0.25) is 0 Å². The summed E-state index contributed by atoms with van der Waals surface area (Å²) in [5.74, 6) is 0.174. The fourth-order valence-corrected chi connectivity index (χ4v) is 3.07. The zero-order valence-corrected chi connectivity index (χ0v) is 13.8. The predicted octanol–water partition coefficient (Wildman–Crippen LogP) is 2.22. The molecule has 2 aromatic carbocycles. The number of piperazine rings is 1. The van der Waals surface area contributed by atoms with Crippen LogP contribution in [-0.4, -0.2) is 60.0 Å². The summed E-state index contributed by atoms with van der Waals surface area (Å²) in [7, 11) is 0. The Labute approximate surface area is 143 Å². The first-order valence-corrected chi connectivity index (χ1v) is 8.48. The Morgan fingerprint density at radius 1 is 0.875 bits per heavy atom. The van der Waals surface area contributed by atoms with Gasteiger partial charge in [-0.1, -0.05) is 60.7 Å². The lowest BCUT2D eigenvalue weighted by Gasteiger charge is -2.35. The number of carbonyl (C=O) groups excluding carboxylic acids is 1. The number of Topliss-reactive ketones (excluding diaryl/α,β-unsaturated/α-hetero) is 1. The second-order valence-electron chi connectivity index (χ2n) is 6.29. The number of carbonyl (C=O) groups is 1. The molecular formula is C20H24N2O2. The third-order valence-electron chi connectivity index (χ3n) is 4.54. The van der Waals surface area contributed by atoms with E-state index in [9.17, 15) is 9.90 Å². The van der Waals surface area contributed by atoms with E-state index in [-0.39, 0.29) is 5.78 Å². The molecule has 1 saturated heterocycles. The van der Waals surface area contributed by atoms with Crippen LogP contribution in [0, 0.1) is 0 Å². The number of aliphatic hydroxyl groups is 1. The van der Waals surface area contributed by atoms with E-state index < -0.39 is 6.10 Å². The Balaban J connectivity index is 1.45. The fraction of sp³-hybridized carbons (Fsp3) is 0.350. The highest BCUT2D eigenvalue weighted by atomic mass is 16.3. The quantitative estimate of drug-likeness (QED) is 0.828. The topological polar surface area (TPSA) is 43.8 Å². The van der Waals surface area contributed by atoms with Gasteiger partial charge in [-0.05, 0) is 5.56 Å². The molecule has 2 aromatic rings. The fourth-order valence-electron chi connectivity index (χ4n) is 3.07. The van der Waals surface area contributed by atoms with Crippen LogP contribution in [0.5, 0.6) is 0 Å². The van der Waals surface area contributed by atoms with Crippen molar-refractivity contribution in [2.75, 3.05) is 39.3 Å². The third kappa shape index (κ3) is 4.51. The lowest BCUT2D eigenvalue weighted by molar-refractivity contribution is 0.0663. The molecule has 0 bridgehead atoms. The summed E-state index contributed by atoms with van der Waals surface area (Å²) < 4.78 is 0. The molecule has 4 heteroatoms. The number of hydrogen-bond acceptors (Lipinski definition) is 4. The minimum Gasteiger partial charge on any atom is -0.387 e. The average molecular weight is 324 g/mol. The van der Waals surface area contributed by atoms with Gasteiger partial charge in [-0.3, -0.25) is 14.6 Å². The first kappa shape index (κ1) is 16.8. The van der Waals surface area contributed by atoms with E-state index >= 15 is 0 Å². The summed E-state index contributed by atoms with van der Waals surface area (Å²) in [6, 6.07) is 19.2. The van der Waals surface area contributed by atoms with Crippen molar-refractivity contribution in [3.05, 3.63) is 71.8 Å². The van der Waals surface area contributed by atoms with Crippen LogP contribution in [0.25, 0.3) is 0 Å². The number of nitrogens with zero attached hydrogens (tertiary/aromatic N) is 2. The highest BCUT2D eigenvalue weighted by Crippen LogP contribution is 2.15. The molecule has 0 aliphatic carbocycles. The van der Waals surface area contributed by atoms with Gasteiger partial charge in [0.05, 0.1) is 12.6 Å². The molecule has 126 valence electrons. The molecule has 1 fully saturated rings. The van der Waals surface area contributed by atoms with Gasteiger partial charge < -0.3 is 5.11 Å². The van der Waals surface area contributed by atoms with Gasteiger partial charge in [-0.25, -0.2) is 0 Å². The van der Waals surface area contributed by atoms with Crippen molar-refractivity contribution >= 4 is 5.78 Å². The van der Waals surface area contributed by atoms with Crippen LogP contribution in [0.1, 0.15) is 22.0 Å². The molecule has 0 spiro atoms. The number of ketones is 1. The second-order valence-corrected chi connectivity index (χ2v) is 6.29. The van der Waals surface area contributed by atoms with Gasteiger partial charge in [0.15, 0.2) is 5.78 Å². The summed E-state index contributed by atoms with van der Waals surface area (Å²) in [5, 5.41) is 10.3. The molecule has 0 radical (unpaired) electrons. The Bertz CT molecular complexity index is 637. The minimum absolute atomic E-state index is 0.174. The standard InChI is InChI=1S/C20H24N2O2/c23-19(17-7-3-1-4-8-17)15-21-11-13-22(14-12-21)16-20(24)18-9-5-2-6-10-18/h1-10,19,23H,11-16H2. The molecular weight excluding hydrogens is 300 g/mol. The molecule has 1 unspecified atom stereocenters. The van der Waals surface area contributed by atoms with Crippen molar-refractivity contribution < 1.29 is 9.90 Å². The first-order valence-electron chi connectivity index (χ1n) is 8.48. The molecule has 24 heavy (non-hydrogen) atoms. The van der Waals surface area contributed by atoms with Crippen LogP contribution >= 0.6 is 0 Å². The molecule has 0 aromatic heterocycles. The van der Waals surface area contributed by atoms with Gasteiger partial charge in [0.2, 0.25) is 0 Å². The van der Waals surface area contributed by atoms with Crippen molar-refractivity contribution in [2.45, 2.75) is 6.10 Å². The Hall–Kier alpha value is -2.01. The molecule has 1 N–H and O–H groups in total. The maximum absolute atomic E-state index is 12.3. The average Bonchev–Trinajstić information content (AvgIpc) is 2.65. The zero-order valence-electron chi connectivity index (χ0n) is 13.8. The van der Waals surface area contributed by atoms with E-state index in [0.29, 0.717) is 13.1 Å². The van der Waals surface area contributed by atoms with E-state index in [2.05, 4.69) is 9.80 Å². The summed E-state index contributed by atoms with van der Waals surface area (Å²) >= 11 is 0. The van der Waals surface area contributed by atoms with E-state index in [1.807, 2.05) is 60.7 Å².